The molecule has 0 atom stereocenters. The molecule has 22 heavy (non-hydrogen) atoms. The highest BCUT2D eigenvalue weighted by molar-refractivity contribution is 5.79. The largest absolute Gasteiger partial charge is 0.357 e. The van der Waals surface area contributed by atoms with E-state index in [-0.39, 0.29) is 12.4 Å². The SMILES string of the molecule is CCNC(=NCc1ncccc1F)NCCc1ccccn1. The lowest BCUT2D eigenvalue weighted by Crippen LogP contribution is -2.38. The molecule has 5 nitrogen and oxygen atoms in total. The summed E-state index contributed by atoms with van der Waals surface area (Å²) in [6.07, 6.45) is 4.14. The summed E-state index contributed by atoms with van der Waals surface area (Å²) in [6.45, 7) is 3.62. The Bertz CT molecular complexity index is 600. The number of rotatable bonds is 6. The minimum absolute atomic E-state index is 0.200. The lowest BCUT2D eigenvalue weighted by atomic mass is 10.3. The number of nitrogens with zero attached hydrogens (tertiary/aromatic N) is 3. The summed E-state index contributed by atoms with van der Waals surface area (Å²) >= 11 is 0. The number of nitrogens with one attached hydrogen (secondary N) is 2. The van der Waals surface area contributed by atoms with Crippen molar-refractivity contribution in [1.82, 2.24) is 20.6 Å². The van der Waals surface area contributed by atoms with E-state index < -0.39 is 0 Å². The number of aromatic nitrogens is 2. The van der Waals surface area contributed by atoms with Gasteiger partial charge >= 0.3 is 0 Å². The molecule has 2 aromatic rings. The molecule has 0 fully saturated rings. The molecule has 0 amide bonds. The van der Waals surface area contributed by atoms with Gasteiger partial charge in [0.15, 0.2) is 5.96 Å². The van der Waals surface area contributed by atoms with Crippen molar-refractivity contribution in [1.29, 1.82) is 0 Å². The Morgan fingerprint density at radius 3 is 2.73 bits per heavy atom. The molecule has 0 aliphatic rings. The van der Waals surface area contributed by atoms with Gasteiger partial charge in [0.25, 0.3) is 0 Å². The van der Waals surface area contributed by atoms with Crippen LogP contribution in [0.25, 0.3) is 0 Å². The monoisotopic (exact) mass is 301 g/mol. The molecule has 2 rings (SSSR count). The quantitative estimate of drug-likeness (QED) is 0.632. The van der Waals surface area contributed by atoms with Gasteiger partial charge in [0.1, 0.15) is 5.82 Å². The second-order valence-corrected chi connectivity index (χ2v) is 4.62. The number of hydrogen-bond donors (Lipinski definition) is 2. The molecular formula is C16H20FN5. The smallest absolute Gasteiger partial charge is 0.191 e. The zero-order valence-corrected chi connectivity index (χ0v) is 12.6. The molecule has 0 bridgehead atoms. The highest BCUT2D eigenvalue weighted by Gasteiger charge is 2.03. The van der Waals surface area contributed by atoms with Gasteiger partial charge < -0.3 is 10.6 Å². The van der Waals surface area contributed by atoms with Crippen molar-refractivity contribution < 1.29 is 4.39 Å². The molecule has 2 aromatic heterocycles. The van der Waals surface area contributed by atoms with Crippen LogP contribution in [0, 0.1) is 5.82 Å². The van der Waals surface area contributed by atoms with Gasteiger partial charge in [0.05, 0.1) is 12.2 Å². The Morgan fingerprint density at radius 2 is 2.00 bits per heavy atom. The van der Waals surface area contributed by atoms with Gasteiger partial charge in [-0.1, -0.05) is 6.07 Å². The molecule has 6 heteroatoms. The zero-order valence-electron chi connectivity index (χ0n) is 12.6. The van der Waals surface area contributed by atoms with E-state index >= 15 is 0 Å². The molecule has 0 spiro atoms. The van der Waals surface area contributed by atoms with Gasteiger partial charge in [0.2, 0.25) is 0 Å². The second kappa shape index (κ2) is 8.71. The van der Waals surface area contributed by atoms with Crippen LogP contribution in [0.3, 0.4) is 0 Å². The van der Waals surface area contributed by atoms with Gasteiger partial charge in [-0.25, -0.2) is 9.38 Å². The van der Waals surface area contributed by atoms with E-state index in [1.165, 1.54) is 6.07 Å². The Morgan fingerprint density at radius 1 is 1.14 bits per heavy atom. The zero-order chi connectivity index (χ0) is 15.6. The van der Waals surface area contributed by atoms with Crippen LogP contribution in [0.4, 0.5) is 4.39 Å². The van der Waals surface area contributed by atoms with Crippen LogP contribution in [0.15, 0.2) is 47.7 Å². The molecule has 0 saturated carbocycles. The highest BCUT2D eigenvalue weighted by Crippen LogP contribution is 2.03. The normalized spacial score (nSPS) is 11.3. The second-order valence-electron chi connectivity index (χ2n) is 4.62. The van der Waals surface area contributed by atoms with E-state index in [9.17, 15) is 4.39 Å². The average Bonchev–Trinajstić information content (AvgIpc) is 2.55. The number of hydrogen-bond acceptors (Lipinski definition) is 3. The Hall–Kier alpha value is -2.50. The van der Waals surface area contributed by atoms with Crippen molar-refractivity contribution in [3.05, 3.63) is 59.9 Å². The van der Waals surface area contributed by atoms with Gasteiger partial charge in [-0.05, 0) is 31.2 Å². The highest BCUT2D eigenvalue weighted by atomic mass is 19.1. The first-order valence-corrected chi connectivity index (χ1v) is 7.31. The topological polar surface area (TPSA) is 62.2 Å². The molecule has 0 saturated heterocycles. The van der Waals surface area contributed by atoms with Crippen molar-refractivity contribution in [3.63, 3.8) is 0 Å². The Balaban J connectivity index is 1.89. The maximum atomic E-state index is 13.5. The van der Waals surface area contributed by atoms with Crippen molar-refractivity contribution in [2.45, 2.75) is 19.9 Å². The Kier molecular flexibility index (Phi) is 6.29. The first-order valence-electron chi connectivity index (χ1n) is 7.31. The third-order valence-electron chi connectivity index (χ3n) is 2.97. The van der Waals surface area contributed by atoms with E-state index in [4.69, 9.17) is 0 Å². The lowest BCUT2D eigenvalue weighted by molar-refractivity contribution is 0.599. The van der Waals surface area contributed by atoms with Gasteiger partial charge in [-0.3, -0.25) is 9.97 Å². The fourth-order valence-electron chi connectivity index (χ4n) is 1.89. The van der Waals surface area contributed by atoms with Crippen LogP contribution in [-0.2, 0) is 13.0 Å². The lowest BCUT2D eigenvalue weighted by Gasteiger charge is -2.11. The molecule has 116 valence electrons. The summed E-state index contributed by atoms with van der Waals surface area (Å²) in [5.41, 5.74) is 1.35. The first kappa shape index (κ1) is 15.9. The van der Waals surface area contributed by atoms with Crippen LogP contribution in [0.5, 0.6) is 0 Å². The number of pyridine rings is 2. The molecule has 0 aliphatic carbocycles. The summed E-state index contributed by atoms with van der Waals surface area (Å²) in [5, 5.41) is 6.33. The summed E-state index contributed by atoms with van der Waals surface area (Å²) < 4.78 is 13.5. The molecule has 0 aromatic carbocycles. The molecule has 2 N–H and O–H groups in total. The third kappa shape index (κ3) is 5.12. The molecule has 0 unspecified atom stereocenters. The fourth-order valence-corrected chi connectivity index (χ4v) is 1.89. The van der Waals surface area contributed by atoms with Crippen LogP contribution in [0.2, 0.25) is 0 Å². The first-order chi connectivity index (χ1) is 10.8. The van der Waals surface area contributed by atoms with E-state index in [1.807, 2.05) is 25.1 Å². The maximum Gasteiger partial charge on any atom is 0.191 e. The molecule has 0 radical (unpaired) electrons. The van der Waals surface area contributed by atoms with Gasteiger partial charge in [0, 0.05) is 37.6 Å². The van der Waals surface area contributed by atoms with Crippen molar-refractivity contribution >= 4 is 5.96 Å². The Labute approximate surface area is 129 Å². The van der Waals surface area contributed by atoms with Crippen LogP contribution < -0.4 is 10.6 Å². The fraction of sp³-hybridized carbons (Fsp3) is 0.312. The predicted octanol–water partition coefficient (Wildman–Crippen LogP) is 1.91. The van der Waals surface area contributed by atoms with Gasteiger partial charge in [-0.2, -0.15) is 0 Å². The number of guanidine groups is 1. The van der Waals surface area contributed by atoms with E-state index in [2.05, 4.69) is 25.6 Å². The standard InChI is InChI=1S/C16H20FN5/c1-2-18-16(21-11-8-13-6-3-4-9-19-13)22-12-15-14(17)7-5-10-20-15/h3-7,9-10H,2,8,11-12H2,1H3,(H2,18,21,22). The van der Waals surface area contributed by atoms with E-state index in [0.717, 1.165) is 18.7 Å². The minimum atomic E-state index is -0.337. The van der Waals surface area contributed by atoms with Crippen molar-refractivity contribution in [2.75, 3.05) is 13.1 Å². The number of aliphatic imine (C=N–C) groups is 1. The van der Waals surface area contributed by atoms with Crippen LogP contribution >= 0.6 is 0 Å². The summed E-state index contributed by atoms with van der Waals surface area (Å²) in [6, 6.07) is 8.79. The van der Waals surface area contributed by atoms with E-state index in [1.54, 1.807) is 18.5 Å². The van der Waals surface area contributed by atoms with E-state index in [0.29, 0.717) is 18.2 Å². The minimum Gasteiger partial charge on any atom is -0.357 e. The van der Waals surface area contributed by atoms with Crippen molar-refractivity contribution in [3.8, 4) is 0 Å². The summed E-state index contributed by atoms with van der Waals surface area (Å²) in [4.78, 5) is 12.6. The van der Waals surface area contributed by atoms with Crippen LogP contribution in [-0.4, -0.2) is 29.0 Å². The van der Waals surface area contributed by atoms with Crippen molar-refractivity contribution in [2.24, 2.45) is 4.99 Å². The maximum absolute atomic E-state index is 13.5. The van der Waals surface area contributed by atoms with Gasteiger partial charge in [-0.15, -0.1) is 0 Å². The number of halogens is 1. The molecule has 0 aliphatic heterocycles. The molecule has 2 heterocycles. The van der Waals surface area contributed by atoms with Crippen LogP contribution in [0.1, 0.15) is 18.3 Å². The summed E-state index contributed by atoms with van der Waals surface area (Å²) in [5.74, 6) is 0.305. The predicted molar refractivity (Wildman–Crippen MR) is 85.0 cm³/mol. The third-order valence-corrected chi connectivity index (χ3v) is 2.97. The average molecular weight is 301 g/mol. The molecular weight excluding hydrogens is 281 g/mol. The summed E-state index contributed by atoms with van der Waals surface area (Å²) in [7, 11) is 0.